The first kappa shape index (κ1) is 15.9. The highest BCUT2D eigenvalue weighted by Crippen LogP contribution is 2.15. The van der Waals surface area contributed by atoms with Gasteiger partial charge in [0.2, 0.25) is 0 Å². The molecule has 120 valence electrons. The van der Waals surface area contributed by atoms with Gasteiger partial charge in [-0.2, -0.15) is 0 Å². The van der Waals surface area contributed by atoms with Crippen molar-refractivity contribution in [3.8, 4) is 0 Å². The number of fused-ring (bicyclic) bond motifs is 1. The number of aromatic nitrogens is 2. The van der Waals surface area contributed by atoms with E-state index in [1.807, 2.05) is 45.9 Å². The molecule has 22 heavy (non-hydrogen) atoms. The van der Waals surface area contributed by atoms with E-state index in [0.717, 1.165) is 16.7 Å². The van der Waals surface area contributed by atoms with Crippen molar-refractivity contribution in [2.45, 2.75) is 39.3 Å². The smallest absolute Gasteiger partial charge is 0.407 e. The highest BCUT2D eigenvalue weighted by molar-refractivity contribution is 5.78. The van der Waals surface area contributed by atoms with Gasteiger partial charge in [0.1, 0.15) is 5.60 Å². The molecule has 0 fully saturated rings. The Kier molecular flexibility index (Phi) is 4.44. The molecule has 1 unspecified atom stereocenters. The predicted octanol–water partition coefficient (Wildman–Crippen LogP) is 2.18. The molecular formula is C15H22N4O3. The third kappa shape index (κ3) is 4.54. The Morgan fingerprint density at radius 1 is 1.27 bits per heavy atom. The van der Waals surface area contributed by atoms with Crippen LogP contribution in [0.25, 0.3) is 11.0 Å². The van der Waals surface area contributed by atoms with Crippen LogP contribution in [0.3, 0.4) is 0 Å². The highest BCUT2D eigenvalue weighted by Gasteiger charge is 2.16. The van der Waals surface area contributed by atoms with Gasteiger partial charge >= 0.3 is 11.8 Å². The number of alkyl carbamates (subject to hydrolysis) is 1. The minimum Gasteiger partial charge on any atom is -0.444 e. The average molecular weight is 306 g/mol. The van der Waals surface area contributed by atoms with Crippen LogP contribution in [0.4, 0.5) is 10.5 Å². The van der Waals surface area contributed by atoms with E-state index >= 15 is 0 Å². The van der Waals surface area contributed by atoms with Gasteiger partial charge in [0.05, 0.1) is 11.0 Å². The Morgan fingerprint density at radius 2 is 1.95 bits per heavy atom. The van der Waals surface area contributed by atoms with Crippen molar-refractivity contribution in [3.05, 3.63) is 28.7 Å². The molecule has 2 aromatic rings. The molecular weight excluding hydrogens is 284 g/mol. The van der Waals surface area contributed by atoms with Crippen molar-refractivity contribution in [2.24, 2.45) is 0 Å². The number of imidazole rings is 1. The molecule has 7 heteroatoms. The van der Waals surface area contributed by atoms with Gasteiger partial charge in [-0.15, -0.1) is 0 Å². The minimum atomic E-state index is -0.508. The van der Waals surface area contributed by atoms with Gasteiger partial charge < -0.3 is 25.3 Å². The van der Waals surface area contributed by atoms with Gasteiger partial charge in [-0.3, -0.25) is 0 Å². The molecule has 1 heterocycles. The zero-order chi connectivity index (χ0) is 16.3. The second-order valence-corrected chi connectivity index (χ2v) is 6.27. The lowest BCUT2D eigenvalue weighted by Gasteiger charge is -2.21. The Balaban J connectivity index is 1.89. The van der Waals surface area contributed by atoms with Crippen LogP contribution in [0.15, 0.2) is 23.0 Å². The summed E-state index contributed by atoms with van der Waals surface area (Å²) in [6.07, 6.45) is -0.438. The van der Waals surface area contributed by atoms with E-state index in [-0.39, 0.29) is 11.7 Å². The summed E-state index contributed by atoms with van der Waals surface area (Å²) in [5.41, 5.74) is 1.62. The lowest BCUT2D eigenvalue weighted by molar-refractivity contribution is 0.0526. The summed E-state index contributed by atoms with van der Waals surface area (Å²) >= 11 is 0. The van der Waals surface area contributed by atoms with Crippen molar-refractivity contribution < 1.29 is 9.53 Å². The fourth-order valence-corrected chi connectivity index (χ4v) is 2.01. The Labute approximate surface area is 128 Å². The van der Waals surface area contributed by atoms with E-state index < -0.39 is 11.7 Å². The summed E-state index contributed by atoms with van der Waals surface area (Å²) < 4.78 is 5.18. The number of aromatic amines is 2. The first-order chi connectivity index (χ1) is 10.2. The van der Waals surface area contributed by atoms with E-state index in [4.69, 9.17) is 4.74 Å². The second kappa shape index (κ2) is 6.13. The fraction of sp³-hybridized carbons (Fsp3) is 0.467. The number of benzene rings is 1. The van der Waals surface area contributed by atoms with Crippen molar-refractivity contribution in [2.75, 3.05) is 11.9 Å². The molecule has 0 bridgehead atoms. The quantitative estimate of drug-likeness (QED) is 0.695. The largest absolute Gasteiger partial charge is 0.444 e. The molecule has 0 aliphatic rings. The molecule has 0 saturated heterocycles. The second-order valence-electron chi connectivity index (χ2n) is 6.27. The van der Waals surface area contributed by atoms with Crippen LogP contribution in [-0.4, -0.2) is 34.2 Å². The van der Waals surface area contributed by atoms with Crippen LogP contribution in [0.2, 0.25) is 0 Å². The third-order valence-corrected chi connectivity index (χ3v) is 2.88. The number of hydrogen-bond donors (Lipinski definition) is 4. The third-order valence-electron chi connectivity index (χ3n) is 2.88. The molecule has 1 aromatic heterocycles. The number of nitrogens with one attached hydrogen (secondary N) is 4. The van der Waals surface area contributed by atoms with E-state index in [9.17, 15) is 9.59 Å². The first-order valence-corrected chi connectivity index (χ1v) is 7.18. The van der Waals surface area contributed by atoms with Crippen LogP contribution in [0, 0.1) is 0 Å². The number of carbonyl (C=O) groups excluding carboxylic acids is 1. The molecule has 0 saturated carbocycles. The molecule has 1 amide bonds. The lowest BCUT2D eigenvalue weighted by atomic mass is 10.2. The first-order valence-electron chi connectivity index (χ1n) is 7.18. The van der Waals surface area contributed by atoms with Crippen LogP contribution in [-0.2, 0) is 4.74 Å². The van der Waals surface area contributed by atoms with Gasteiger partial charge in [0, 0.05) is 18.3 Å². The van der Waals surface area contributed by atoms with E-state index in [0.29, 0.717) is 6.54 Å². The van der Waals surface area contributed by atoms with Gasteiger partial charge in [0.15, 0.2) is 0 Å². The van der Waals surface area contributed by atoms with Gasteiger partial charge in [-0.05, 0) is 45.9 Å². The maximum Gasteiger partial charge on any atom is 0.407 e. The molecule has 0 radical (unpaired) electrons. The Bertz CT molecular complexity index is 711. The number of carbonyl (C=O) groups is 1. The van der Waals surface area contributed by atoms with E-state index in [1.54, 1.807) is 0 Å². The minimum absolute atomic E-state index is 0.00984. The fourth-order valence-electron chi connectivity index (χ4n) is 2.01. The van der Waals surface area contributed by atoms with Crippen LogP contribution < -0.4 is 16.3 Å². The van der Waals surface area contributed by atoms with Crippen LogP contribution in [0.5, 0.6) is 0 Å². The van der Waals surface area contributed by atoms with Gasteiger partial charge in [-0.25, -0.2) is 9.59 Å². The molecule has 0 aliphatic heterocycles. The summed E-state index contributed by atoms with van der Waals surface area (Å²) in [6, 6.07) is 5.55. The van der Waals surface area contributed by atoms with Crippen molar-refractivity contribution in [1.29, 1.82) is 0 Å². The molecule has 0 aliphatic carbocycles. The summed E-state index contributed by atoms with van der Waals surface area (Å²) in [7, 11) is 0. The van der Waals surface area contributed by atoms with Crippen LogP contribution in [0.1, 0.15) is 27.7 Å². The SMILES string of the molecule is CC(CNC(=O)OC(C)(C)C)Nc1ccc2[nH]c(=O)[nH]c2c1. The van der Waals surface area contributed by atoms with Crippen LogP contribution >= 0.6 is 0 Å². The topological polar surface area (TPSA) is 99.0 Å². The van der Waals surface area contributed by atoms with Crippen molar-refractivity contribution in [1.82, 2.24) is 15.3 Å². The van der Waals surface area contributed by atoms with Gasteiger partial charge in [0.25, 0.3) is 0 Å². The summed E-state index contributed by atoms with van der Waals surface area (Å²) in [5, 5.41) is 5.97. The number of rotatable bonds is 4. The molecule has 4 N–H and O–H groups in total. The number of H-pyrrole nitrogens is 2. The maximum absolute atomic E-state index is 11.6. The van der Waals surface area contributed by atoms with Gasteiger partial charge in [-0.1, -0.05) is 0 Å². The molecule has 0 spiro atoms. The molecule has 1 aromatic carbocycles. The zero-order valence-corrected chi connectivity index (χ0v) is 13.2. The average Bonchev–Trinajstić information content (AvgIpc) is 2.74. The molecule has 2 rings (SSSR count). The number of amides is 1. The Hall–Kier alpha value is -2.44. The summed E-state index contributed by atoms with van der Waals surface area (Å²) in [4.78, 5) is 28.2. The van der Waals surface area contributed by atoms with Crippen molar-refractivity contribution in [3.63, 3.8) is 0 Å². The standard InChI is InChI=1S/C15H22N4O3/c1-9(8-16-14(21)22-15(2,3)4)17-10-5-6-11-12(7-10)19-13(20)18-11/h5-7,9,17H,8H2,1-4H3,(H,16,21)(H2,18,19,20). The molecule has 7 nitrogen and oxygen atoms in total. The number of hydrogen-bond acceptors (Lipinski definition) is 4. The van der Waals surface area contributed by atoms with E-state index in [2.05, 4.69) is 20.6 Å². The monoisotopic (exact) mass is 306 g/mol. The normalized spacial score (nSPS) is 12.9. The predicted molar refractivity (Wildman–Crippen MR) is 86.2 cm³/mol. The highest BCUT2D eigenvalue weighted by atomic mass is 16.6. The Morgan fingerprint density at radius 3 is 2.64 bits per heavy atom. The number of ether oxygens (including phenoxy) is 1. The van der Waals surface area contributed by atoms with Crippen molar-refractivity contribution >= 4 is 22.8 Å². The lowest BCUT2D eigenvalue weighted by Crippen LogP contribution is -2.38. The maximum atomic E-state index is 11.6. The van der Waals surface area contributed by atoms with E-state index in [1.165, 1.54) is 0 Å². The summed E-state index contributed by atoms with van der Waals surface area (Å²) in [5.74, 6) is 0. The molecule has 1 atom stereocenters. The number of anilines is 1. The summed E-state index contributed by atoms with van der Waals surface area (Å²) in [6.45, 7) is 7.83. The zero-order valence-electron chi connectivity index (χ0n) is 13.2.